The Balaban J connectivity index is 2.88. The number of nitrogens with zero attached hydrogens (tertiary/aromatic N) is 1. The summed E-state index contributed by atoms with van der Waals surface area (Å²) in [6, 6.07) is 1.71. The monoisotopic (exact) mass is 321 g/mol. The SMILES string of the molecule is CCC(CC)Cn1cc(I)cc1C(=O)O. The third-order valence-corrected chi connectivity index (χ3v) is 3.28. The summed E-state index contributed by atoms with van der Waals surface area (Å²) in [5.41, 5.74) is 0.395. The lowest BCUT2D eigenvalue weighted by Gasteiger charge is -2.14. The third kappa shape index (κ3) is 3.22. The predicted octanol–water partition coefficient (Wildman–Crippen LogP) is 3.23. The first-order valence-electron chi connectivity index (χ1n) is 5.17. The van der Waals surface area contributed by atoms with E-state index in [1.54, 1.807) is 6.07 Å². The highest BCUT2D eigenvalue weighted by molar-refractivity contribution is 14.1. The Labute approximate surface area is 104 Å². The zero-order valence-corrected chi connectivity index (χ0v) is 11.2. The average Bonchev–Trinajstić information content (AvgIpc) is 2.56. The van der Waals surface area contributed by atoms with E-state index >= 15 is 0 Å². The van der Waals surface area contributed by atoms with Crippen molar-refractivity contribution in [3.63, 3.8) is 0 Å². The summed E-state index contributed by atoms with van der Waals surface area (Å²) in [6.07, 6.45) is 4.08. The largest absolute Gasteiger partial charge is 0.477 e. The number of carbonyl (C=O) groups is 1. The van der Waals surface area contributed by atoms with Gasteiger partial charge in [0.15, 0.2) is 0 Å². The maximum absolute atomic E-state index is 11.0. The van der Waals surface area contributed by atoms with Crippen molar-refractivity contribution in [3.05, 3.63) is 21.5 Å². The summed E-state index contributed by atoms with van der Waals surface area (Å²) >= 11 is 2.15. The van der Waals surface area contributed by atoms with E-state index in [1.807, 2.05) is 10.8 Å². The van der Waals surface area contributed by atoms with Crippen LogP contribution in [-0.2, 0) is 6.54 Å². The van der Waals surface area contributed by atoms with Crippen LogP contribution in [-0.4, -0.2) is 15.6 Å². The highest BCUT2D eigenvalue weighted by atomic mass is 127. The van der Waals surface area contributed by atoms with Crippen LogP contribution < -0.4 is 0 Å². The number of hydrogen-bond acceptors (Lipinski definition) is 1. The van der Waals surface area contributed by atoms with Gasteiger partial charge in [-0.3, -0.25) is 0 Å². The van der Waals surface area contributed by atoms with Gasteiger partial charge in [0.2, 0.25) is 0 Å². The molecule has 1 heterocycles. The first-order valence-corrected chi connectivity index (χ1v) is 6.25. The third-order valence-electron chi connectivity index (χ3n) is 2.69. The lowest BCUT2D eigenvalue weighted by Crippen LogP contribution is -2.13. The highest BCUT2D eigenvalue weighted by Gasteiger charge is 2.13. The number of aromatic carboxylic acids is 1. The van der Waals surface area contributed by atoms with Crippen LogP contribution in [0.5, 0.6) is 0 Å². The molecule has 0 unspecified atom stereocenters. The minimum atomic E-state index is -0.844. The van der Waals surface area contributed by atoms with E-state index in [0.717, 1.165) is 23.0 Å². The molecule has 1 rings (SSSR count). The summed E-state index contributed by atoms with van der Waals surface area (Å²) in [5.74, 6) is -0.282. The minimum Gasteiger partial charge on any atom is -0.477 e. The number of rotatable bonds is 5. The fourth-order valence-corrected chi connectivity index (χ4v) is 2.26. The Bertz CT molecular complexity index is 342. The van der Waals surface area contributed by atoms with Gasteiger partial charge in [-0.2, -0.15) is 0 Å². The second kappa shape index (κ2) is 5.53. The molecule has 0 radical (unpaired) electrons. The predicted molar refractivity (Wildman–Crippen MR) is 68.2 cm³/mol. The van der Waals surface area contributed by atoms with Gasteiger partial charge in [0.25, 0.3) is 0 Å². The average molecular weight is 321 g/mol. The summed E-state index contributed by atoms with van der Waals surface area (Å²) in [6.45, 7) is 5.09. The molecule has 84 valence electrons. The molecule has 1 aromatic heterocycles. The molecule has 3 nitrogen and oxygen atoms in total. The maximum Gasteiger partial charge on any atom is 0.352 e. The van der Waals surface area contributed by atoms with E-state index in [9.17, 15) is 4.79 Å². The molecule has 1 aromatic rings. The molecular weight excluding hydrogens is 305 g/mol. The van der Waals surface area contributed by atoms with Crippen LogP contribution in [0.3, 0.4) is 0 Å². The summed E-state index contributed by atoms with van der Waals surface area (Å²) < 4.78 is 2.83. The van der Waals surface area contributed by atoms with Gasteiger partial charge in [0.05, 0.1) is 0 Å². The van der Waals surface area contributed by atoms with Crippen molar-refractivity contribution in [2.45, 2.75) is 33.2 Å². The molecule has 0 bridgehead atoms. The van der Waals surface area contributed by atoms with Gasteiger partial charge >= 0.3 is 5.97 Å². The molecule has 4 heteroatoms. The summed E-state index contributed by atoms with van der Waals surface area (Å²) in [5, 5.41) is 9.01. The number of hydrogen-bond donors (Lipinski definition) is 1. The van der Waals surface area contributed by atoms with Crippen LogP contribution >= 0.6 is 22.6 Å². The Morgan fingerprint density at radius 2 is 2.13 bits per heavy atom. The molecule has 0 aliphatic heterocycles. The normalized spacial score (nSPS) is 10.9. The molecule has 1 N–H and O–H groups in total. The van der Waals surface area contributed by atoms with Gasteiger partial charge in [-0.15, -0.1) is 0 Å². The Morgan fingerprint density at radius 3 is 2.60 bits per heavy atom. The molecule has 0 aliphatic rings. The molecular formula is C11H16INO2. The van der Waals surface area contributed by atoms with Crippen LogP contribution in [0.2, 0.25) is 0 Å². The second-order valence-corrected chi connectivity index (χ2v) is 4.93. The van der Waals surface area contributed by atoms with E-state index in [4.69, 9.17) is 5.11 Å². The van der Waals surface area contributed by atoms with Crippen molar-refractivity contribution in [3.8, 4) is 0 Å². The molecule has 0 saturated carbocycles. The zero-order valence-electron chi connectivity index (χ0n) is 9.03. The first kappa shape index (κ1) is 12.5. The second-order valence-electron chi connectivity index (χ2n) is 3.68. The lowest BCUT2D eigenvalue weighted by atomic mass is 10.0. The lowest BCUT2D eigenvalue weighted by molar-refractivity contribution is 0.0683. The van der Waals surface area contributed by atoms with Gasteiger partial charge in [0.1, 0.15) is 5.69 Å². The van der Waals surface area contributed by atoms with Crippen molar-refractivity contribution in [1.29, 1.82) is 0 Å². The van der Waals surface area contributed by atoms with Crippen LogP contribution in [0, 0.1) is 9.49 Å². The van der Waals surface area contributed by atoms with Crippen LogP contribution in [0.4, 0.5) is 0 Å². The summed E-state index contributed by atoms with van der Waals surface area (Å²) in [7, 11) is 0. The molecule has 0 fully saturated rings. The van der Waals surface area contributed by atoms with Crippen LogP contribution in [0.1, 0.15) is 37.2 Å². The fourth-order valence-electron chi connectivity index (χ4n) is 1.63. The van der Waals surface area contributed by atoms with E-state index in [1.165, 1.54) is 0 Å². The number of carboxylic acids is 1. The Morgan fingerprint density at radius 1 is 1.53 bits per heavy atom. The van der Waals surface area contributed by atoms with Gasteiger partial charge in [-0.05, 0) is 34.6 Å². The van der Waals surface area contributed by atoms with Crippen molar-refractivity contribution < 1.29 is 9.90 Å². The van der Waals surface area contributed by atoms with E-state index in [0.29, 0.717) is 11.6 Å². The first-order chi connectivity index (χ1) is 7.08. The molecule has 0 amide bonds. The summed E-state index contributed by atoms with van der Waals surface area (Å²) in [4.78, 5) is 11.0. The smallest absolute Gasteiger partial charge is 0.352 e. The molecule has 0 aliphatic carbocycles. The molecule has 0 aromatic carbocycles. The standard InChI is InChI=1S/C11H16INO2/c1-3-8(4-2)6-13-7-9(12)5-10(13)11(14)15/h5,7-8H,3-4,6H2,1-2H3,(H,14,15). The van der Waals surface area contributed by atoms with Crippen molar-refractivity contribution in [2.24, 2.45) is 5.92 Å². The van der Waals surface area contributed by atoms with E-state index in [2.05, 4.69) is 36.4 Å². The topological polar surface area (TPSA) is 42.2 Å². The maximum atomic E-state index is 11.0. The van der Waals surface area contributed by atoms with Crippen molar-refractivity contribution in [2.75, 3.05) is 0 Å². The molecule has 0 saturated heterocycles. The van der Waals surface area contributed by atoms with Crippen LogP contribution in [0.15, 0.2) is 12.3 Å². The van der Waals surface area contributed by atoms with Crippen LogP contribution in [0.25, 0.3) is 0 Å². The van der Waals surface area contributed by atoms with Crippen molar-refractivity contribution in [1.82, 2.24) is 4.57 Å². The fraction of sp³-hybridized carbons (Fsp3) is 0.545. The highest BCUT2D eigenvalue weighted by Crippen LogP contribution is 2.16. The zero-order chi connectivity index (χ0) is 11.4. The number of carboxylic acid groups (broad SMARTS) is 1. The molecule has 0 spiro atoms. The number of aromatic nitrogens is 1. The Kier molecular flexibility index (Phi) is 4.63. The molecule has 15 heavy (non-hydrogen) atoms. The quantitative estimate of drug-likeness (QED) is 0.846. The van der Waals surface area contributed by atoms with Gasteiger partial charge in [-0.1, -0.05) is 26.7 Å². The van der Waals surface area contributed by atoms with E-state index in [-0.39, 0.29) is 0 Å². The molecule has 0 atom stereocenters. The van der Waals surface area contributed by atoms with Gasteiger partial charge in [0, 0.05) is 16.3 Å². The minimum absolute atomic E-state index is 0.395. The van der Waals surface area contributed by atoms with Gasteiger partial charge in [-0.25, -0.2) is 4.79 Å². The van der Waals surface area contributed by atoms with E-state index < -0.39 is 5.97 Å². The number of halogens is 1. The van der Waals surface area contributed by atoms with Gasteiger partial charge < -0.3 is 9.67 Å². The Hall–Kier alpha value is -0.520. The van der Waals surface area contributed by atoms with Crippen molar-refractivity contribution >= 4 is 28.6 Å².